The molecule has 2 heterocycles. The molecule has 4 nitrogen and oxygen atoms in total. The summed E-state index contributed by atoms with van der Waals surface area (Å²) in [5.41, 5.74) is 3.07. The van der Waals surface area contributed by atoms with E-state index in [2.05, 4.69) is 20.9 Å². The number of aromatic nitrogens is 2. The van der Waals surface area contributed by atoms with Crippen molar-refractivity contribution in [2.24, 2.45) is 7.05 Å². The number of para-hydroxylation sites is 1. The highest BCUT2D eigenvalue weighted by molar-refractivity contribution is 5.92. The fraction of sp³-hybridized carbons (Fsp3) is 0.214. The number of nitrogens with one attached hydrogen (secondary N) is 1. The largest absolute Gasteiger partial charge is 0.464 e. The summed E-state index contributed by atoms with van der Waals surface area (Å²) in [6, 6.07) is 8.04. The van der Waals surface area contributed by atoms with Crippen LogP contribution in [0.1, 0.15) is 5.82 Å². The lowest BCUT2D eigenvalue weighted by Crippen LogP contribution is -2.10. The van der Waals surface area contributed by atoms with Crippen LogP contribution in [0, 0.1) is 0 Å². The molecule has 0 fully saturated rings. The quantitative estimate of drug-likeness (QED) is 0.766. The molecule has 0 aliphatic carbocycles. The number of fused-ring (bicyclic) bond motifs is 1. The number of imidazole rings is 1. The van der Waals surface area contributed by atoms with Crippen molar-refractivity contribution >= 4 is 11.0 Å². The third kappa shape index (κ3) is 1.62. The summed E-state index contributed by atoms with van der Waals surface area (Å²) in [4.78, 5) is 4.43. The minimum atomic E-state index is 0.756. The summed E-state index contributed by atoms with van der Waals surface area (Å²) < 4.78 is 7.66. The Labute approximate surface area is 105 Å². The van der Waals surface area contributed by atoms with Crippen molar-refractivity contribution in [2.45, 2.75) is 6.54 Å². The van der Waals surface area contributed by atoms with Crippen molar-refractivity contribution in [1.82, 2.24) is 14.9 Å². The van der Waals surface area contributed by atoms with E-state index in [-0.39, 0.29) is 0 Å². The third-order valence-electron chi connectivity index (χ3n) is 3.18. The summed E-state index contributed by atoms with van der Waals surface area (Å²) in [6.07, 6.45) is 3.69. The molecule has 2 aromatic heterocycles. The molecule has 0 saturated heterocycles. The Bertz CT molecular complexity index is 681. The van der Waals surface area contributed by atoms with Gasteiger partial charge in [0, 0.05) is 18.0 Å². The Balaban J connectivity index is 2.15. The molecular weight excluding hydrogens is 226 g/mol. The molecule has 0 atom stereocenters. The van der Waals surface area contributed by atoms with Crippen molar-refractivity contribution in [3.8, 4) is 11.3 Å². The van der Waals surface area contributed by atoms with Gasteiger partial charge in [0.05, 0.1) is 18.4 Å². The number of rotatable bonds is 3. The van der Waals surface area contributed by atoms with E-state index in [0.29, 0.717) is 0 Å². The highest BCUT2D eigenvalue weighted by atomic mass is 16.3. The van der Waals surface area contributed by atoms with Crippen LogP contribution in [0.2, 0.25) is 0 Å². The molecule has 3 aromatic rings. The lowest BCUT2D eigenvalue weighted by atomic mass is 10.1. The second-order valence-electron chi connectivity index (χ2n) is 4.29. The zero-order valence-corrected chi connectivity index (χ0v) is 10.5. The fourth-order valence-electron chi connectivity index (χ4n) is 2.20. The number of furan rings is 1. The van der Waals surface area contributed by atoms with Crippen LogP contribution in [0.4, 0.5) is 0 Å². The first kappa shape index (κ1) is 11.0. The first-order valence-electron chi connectivity index (χ1n) is 5.93. The lowest BCUT2D eigenvalue weighted by Gasteiger charge is -2.04. The second-order valence-corrected chi connectivity index (χ2v) is 4.29. The molecule has 3 rings (SSSR count). The number of hydrogen-bond donors (Lipinski definition) is 1. The van der Waals surface area contributed by atoms with Gasteiger partial charge in [0.2, 0.25) is 0 Å². The maximum absolute atomic E-state index is 5.57. The van der Waals surface area contributed by atoms with Crippen LogP contribution in [0.3, 0.4) is 0 Å². The highest BCUT2D eigenvalue weighted by Crippen LogP contribution is 2.30. The van der Waals surface area contributed by atoms with Gasteiger partial charge in [-0.05, 0) is 13.1 Å². The lowest BCUT2D eigenvalue weighted by molar-refractivity contribution is 0.616. The van der Waals surface area contributed by atoms with Crippen molar-refractivity contribution in [3.63, 3.8) is 0 Å². The van der Waals surface area contributed by atoms with Crippen molar-refractivity contribution in [2.75, 3.05) is 7.05 Å². The van der Waals surface area contributed by atoms with Crippen molar-refractivity contribution in [3.05, 3.63) is 42.5 Å². The number of nitrogens with zero attached hydrogens (tertiary/aromatic N) is 2. The van der Waals surface area contributed by atoms with Crippen molar-refractivity contribution in [1.29, 1.82) is 0 Å². The molecule has 0 aliphatic rings. The zero-order valence-electron chi connectivity index (χ0n) is 10.5. The highest BCUT2D eigenvalue weighted by Gasteiger charge is 2.13. The summed E-state index contributed by atoms with van der Waals surface area (Å²) in [5, 5.41) is 4.24. The fourth-order valence-corrected chi connectivity index (χ4v) is 2.20. The van der Waals surface area contributed by atoms with Gasteiger partial charge in [-0.25, -0.2) is 4.98 Å². The molecule has 0 amide bonds. The average molecular weight is 241 g/mol. The third-order valence-corrected chi connectivity index (χ3v) is 3.18. The minimum Gasteiger partial charge on any atom is -0.464 e. The van der Waals surface area contributed by atoms with Gasteiger partial charge in [0.15, 0.2) is 0 Å². The van der Waals surface area contributed by atoms with Gasteiger partial charge < -0.3 is 14.3 Å². The van der Waals surface area contributed by atoms with Crippen LogP contribution in [0.15, 0.2) is 41.1 Å². The van der Waals surface area contributed by atoms with Crippen LogP contribution >= 0.6 is 0 Å². The first-order valence-corrected chi connectivity index (χ1v) is 5.93. The maximum atomic E-state index is 5.57. The van der Waals surface area contributed by atoms with Crippen LogP contribution in [-0.2, 0) is 13.6 Å². The Morgan fingerprint density at radius 3 is 3.00 bits per heavy atom. The monoisotopic (exact) mass is 241 g/mol. The van der Waals surface area contributed by atoms with E-state index in [0.717, 1.165) is 34.6 Å². The average Bonchev–Trinajstić information content (AvgIpc) is 2.95. The molecule has 0 bridgehead atoms. The van der Waals surface area contributed by atoms with E-state index in [1.54, 1.807) is 6.26 Å². The van der Waals surface area contributed by atoms with Crippen LogP contribution in [0.5, 0.6) is 0 Å². The predicted octanol–water partition coefficient (Wildman–Crippen LogP) is 2.55. The van der Waals surface area contributed by atoms with E-state index in [9.17, 15) is 0 Å². The number of benzene rings is 1. The van der Waals surface area contributed by atoms with Crippen LogP contribution in [-0.4, -0.2) is 16.6 Å². The van der Waals surface area contributed by atoms with Gasteiger partial charge in [-0.1, -0.05) is 18.2 Å². The van der Waals surface area contributed by atoms with E-state index in [4.69, 9.17) is 4.42 Å². The van der Waals surface area contributed by atoms with Gasteiger partial charge in [0.25, 0.3) is 0 Å². The standard InChI is InChI=1S/C14H15N3O/c1-15-8-14-16-7-12(17(14)2)11-9-18-13-6-4-3-5-10(11)13/h3-7,9,15H,8H2,1-2H3. The van der Waals surface area contributed by atoms with Gasteiger partial charge in [-0.2, -0.15) is 0 Å². The van der Waals surface area contributed by atoms with E-state index in [1.165, 1.54) is 0 Å². The van der Waals surface area contributed by atoms with Crippen molar-refractivity contribution < 1.29 is 4.42 Å². The predicted molar refractivity (Wildman–Crippen MR) is 71.2 cm³/mol. The van der Waals surface area contributed by atoms with Crippen LogP contribution in [0.25, 0.3) is 22.2 Å². The zero-order chi connectivity index (χ0) is 12.5. The van der Waals surface area contributed by atoms with Gasteiger partial charge in [-0.15, -0.1) is 0 Å². The van der Waals surface area contributed by atoms with E-state index in [1.807, 2.05) is 38.5 Å². The normalized spacial score (nSPS) is 11.2. The van der Waals surface area contributed by atoms with Gasteiger partial charge >= 0.3 is 0 Å². The molecule has 1 N–H and O–H groups in total. The Morgan fingerprint density at radius 2 is 2.17 bits per heavy atom. The van der Waals surface area contributed by atoms with E-state index < -0.39 is 0 Å². The smallest absolute Gasteiger partial charge is 0.134 e. The molecule has 0 spiro atoms. The minimum absolute atomic E-state index is 0.756. The molecule has 0 saturated carbocycles. The maximum Gasteiger partial charge on any atom is 0.134 e. The first-order chi connectivity index (χ1) is 8.81. The molecular formula is C14H15N3O. The summed E-state index contributed by atoms with van der Waals surface area (Å²) in [7, 11) is 3.94. The molecule has 92 valence electrons. The SMILES string of the molecule is CNCc1ncc(-c2coc3ccccc23)n1C. The topological polar surface area (TPSA) is 43.0 Å². The Hall–Kier alpha value is -2.07. The summed E-state index contributed by atoms with van der Waals surface area (Å²) in [5.74, 6) is 1.01. The van der Waals surface area contributed by atoms with Gasteiger partial charge in [-0.3, -0.25) is 0 Å². The second kappa shape index (κ2) is 4.31. The van der Waals surface area contributed by atoms with Crippen LogP contribution < -0.4 is 5.32 Å². The molecule has 18 heavy (non-hydrogen) atoms. The van der Waals surface area contributed by atoms with E-state index >= 15 is 0 Å². The Kier molecular flexibility index (Phi) is 2.64. The molecule has 0 aliphatic heterocycles. The van der Waals surface area contributed by atoms with Gasteiger partial charge in [0.1, 0.15) is 17.7 Å². The molecule has 0 radical (unpaired) electrons. The molecule has 4 heteroatoms. The number of hydrogen-bond acceptors (Lipinski definition) is 3. The molecule has 0 unspecified atom stereocenters. The summed E-state index contributed by atoms with van der Waals surface area (Å²) >= 11 is 0. The summed E-state index contributed by atoms with van der Waals surface area (Å²) in [6.45, 7) is 0.756. The molecule has 1 aromatic carbocycles. The Morgan fingerprint density at radius 1 is 1.33 bits per heavy atom.